The normalized spacial score (nSPS) is 10.2. The topological polar surface area (TPSA) is 63.1 Å². The van der Waals surface area contributed by atoms with E-state index in [1.807, 2.05) is 0 Å². The van der Waals surface area contributed by atoms with Crippen molar-refractivity contribution in [2.45, 2.75) is 6.67 Å². The van der Waals surface area contributed by atoms with Crippen LogP contribution in [0.2, 0.25) is 0 Å². The maximum Gasteiger partial charge on any atom is 0.336 e. The summed E-state index contributed by atoms with van der Waals surface area (Å²) in [5.74, 6) is -1.13. The molecule has 2 rings (SSSR count). The van der Waals surface area contributed by atoms with Crippen LogP contribution in [0.1, 0.15) is 15.9 Å². The Balaban J connectivity index is 2.49. The molecule has 0 amide bonds. The number of carboxylic acids is 1. The van der Waals surface area contributed by atoms with Gasteiger partial charge < -0.3 is 5.11 Å². The third-order valence-corrected chi connectivity index (χ3v) is 2.40. The summed E-state index contributed by atoms with van der Waals surface area (Å²) in [6.07, 6.45) is 3.06. The predicted octanol–water partition coefficient (Wildman–Crippen LogP) is 2.31. The fourth-order valence-electron chi connectivity index (χ4n) is 1.55. The maximum absolute atomic E-state index is 12.8. The molecule has 0 unspecified atom stereocenters. The molecule has 5 heteroatoms. The van der Waals surface area contributed by atoms with Crippen molar-refractivity contribution in [2.75, 3.05) is 0 Å². The van der Waals surface area contributed by atoms with Crippen LogP contribution in [0.15, 0.2) is 36.7 Å². The van der Waals surface area contributed by atoms with Crippen LogP contribution in [0.4, 0.5) is 4.39 Å². The van der Waals surface area contributed by atoms with Crippen molar-refractivity contribution in [1.29, 1.82) is 0 Å². The summed E-state index contributed by atoms with van der Waals surface area (Å²) >= 11 is 0. The lowest BCUT2D eigenvalue weighted by Gasteiger charge is -2.05. The van der Waals surface area contributed by atoms with E-state index in [9.17, 15) is 9.18 Å². The van der Waals surface area contributed by atoms with Crippen molar-refractivity contribution in [3.8, 4) is 11.1 Å². The second-order valence-corrected chi connectivity index (χ2v) is 3.44. The van der Waals surface area contributed by atoms with Gasteiger partial charge in [0.1, 0.15) is 6.67 Å². The second kappa shape index (κ2) is 4.69. The molecule has 4 nitrogen and oxygen atoms in total. The summed E-state index contributed by atoms with van der Waals surface area (Å²) in [4.78, 5) is 10.8. The molecule has 17 heavy (non-hydrogen) atoms. The lowest BCUT2D eigenvalue weighted by atomic mass is 10.0. The molecular weight excluding hydrogens is 223 g/mol. The summed E-state index contributed by atoms with van der Waals surface area (Å²) in [6, 6.07) is 6.26. The van der Waals surface area contributed by atoms with Gasteiger partial charge in [0.05, 0.1) is 18.0 Å². The Morgan fingerprint density at radius 1 is 1.24 bits per heavy atom. The van der Waals surface area contributed by atoms with Crippen molar-refractivity contribution in [3.63, 3.8) is 0 Å². The van der Waals surface area contributed by atoms with Crippen LogP contribution in [0.3, 0.4) is 0 Å². The first-order valence-corrected chi connectivity index (χ1v) is 4.91. The van der Waals surface area contributed by atoms with Crippen molar-refractivity contribution in [3.05, 3.63) is 47.8 Å². The molecule has 0 spiro atoms. The number of nitrogens with zero attached hydrogens (tertiary/aromatic N) is 2. The Hall–Kier alpha value is -2.30. The van der Waals surface area contributed by atoms with Crippen LogP contribution in [0.5, 0.6) is 0 Å². The molecule has 0 bridgehead atoms. The van der Waals surface area contributed by atoms with Gasteiger partial charge >= 0.3 is 5.97 Å². The van der Waals surface area contributed by atoms with Gasteiger partial charge in [0.15, 0.2) is 0 Å². The molecule has 0 saturated carbocycles. The van der Waals surface area contributed by atoms with Crippen molar-refractivity contribution < 1.29 is 14.3 Å². The molecule has 1 heterocycles. The minimum Gasteiger partial charge on any atom is -0.478 e. The number of aromatic carboxylic acids is 1. The zero-order chi connectivity index (χ0) is 12.3. The fourth-order valence-corrected chi connectivity index (χ4v) is 1.55. The van der Waals surface area contributed by atoms with Gasteiger partial charge in [-0.25, -0.2) is 9.18 Å². The molecule has 0 atom stereocenters. The summed E-state index contributed by atoms with van der Waals surface area (Å²) in [5.41, 5.74) is 1.63. The minimum absolute atomic E-state index is 0.0155. The number of carbonyl (C=O) groups is 1. The summed E-state index contributed by atoms with van der Waals surface area (Å²) in [7, 11) is 0. The number of hydrogen-bond acceptors (Lipinski definition) is 3. The molecule has 86 valence electrons. The van der Waals surface area contributed by atoms with Crippen LogP contribution >= 0.6 is 0 Å². The van der Waals surface area contributed by atoms with Gasteiger partial charge in [-0.3, -0.25) is 0 Å². The Morgan fingerprint density at radius 2 is 2.06 bits per heavy atom. The summed E-state index contributed by atoms with van der Waals surface area (Å²) < 4.78 is 12.8. The Kier molecular flexibility index (Phi) is 3.09. The highest BCUT2D eigenvalue weighted by molar-refractivity contribution is 5.90. The van der Waals surface area contributed by atoms with Gasteiger partial charge in [0, 0.05) is 5.56 Å². The average Bonchev–Trinajstić information content (AvgIpc) is 2.39. The van der Waals surface area contributed by atoms with Crippen LogP contribution in [-0.4, -0.2) is 21.3 Å². The highest BCUT2D eigenvalue weighted by atomic mass is 19.1. The molecule has 1 N–H and O–H groups in total. The van der Waals surface area contributed by atoms with Crippen molar-refractivity contribution >= 4 is 5.97 Å². The predicted molar refractivity (Wildman–Crippen MR) is 59.2 cm³/mol. The minimum atomic E-state index is -1.13. The number of carboxylic acid groups (broad SMARTS) is 1. The molecule has 0 aliphatic rings. The standard InChI is InChI=1S/C12H9FN2O2/c13-6-10-5-8(1-2-11(10)12(16)17)9-3-4-14-15-7-9/h1-5,7H,6H2,(H,16,17). The van der Waals surface area contributed by atoms with E-state index in [-0.39, 0.29) is 11.1 Å². The zero-order valence-electron chi connectivity index (χ0n) is 8.80. The number of halogens is 1. The summed E-state index contributed by atoms with van der Waals surface area (Å²) in [5, 5.41) is 16.2. The average molecular weight is 232 g/mol. The lowest BCUT2D eigenvalue weighted by molar-refractivity contribution is 0.0695. The quantitative estimate of drug-likeness (QED) is 0.881. The van der Waals surface area contributed by atoms with E-state index in [1.165, 1.54) is 24.5 Å². The number of aromatic nitrogens is 2. The molecule has 0 fully saturated rings. The first-order valence-electron chi connectivity index (χ1n) is 4.91. The van der Waals surface area contributed by atoms with Crippen LogP contribution in [0.25, 0.3) is 11.1 Å². The zero-order valence-corrected chi connectivity index (χ0v) is 8.80. The van der Waals surface area contributed by atoms with Gasteiger partial charge in [-0.2, -0.15) is 10.2 Å². The van der Waals surface area contributed by atoms with E-state index < -0.39 is 12.6 Å². The number of hydrogen-bond donors (Lipinski definition) is 1. The highest BCUT2D eigenvalue weighted by Gasteiger charge is 2.11. The van der Waals surface area contributed by atoms with Gasteiger partial charge in [0.25, 0.3) is 0 Å². The highest BCUT2D eigenvalue weighted by Crippen LogP contribution is 2.22. The van der Waals surface area contributed by atoms with E-state index in [0.717, 1.165) is 11.1 Å². The van der Waals surface area contributed by atoms with Gasteiger partial charge in [-0.1, -0.05) is 6.07 Å². The smallest absolute Gasteiger partial charge is 0.336 e. The first-order chi connectivity index (χ1) is 8.22. The van der Waals surface area contributed by atoms with E-state index >= 15 is 0 Å². The molecule has 2 aromatic rings. The van der Waals surface area contributed by atoms with Gasteiger partial charge in [0.2, 0.25) is 0 Å². The Morgan fingerprint density at radius 3 is 2.65 bits per heavy atom. The van der Waals surface area contributed by atoms with Crippen LogP contribution in [0, 0.1) is 0 Å². The van der Waals surface area contributed by atoms with E-state index in [1.54, 1.807) is 12.1 Å². The first kappa shape index (κ1) is 11.2. The third kappa shape index (κ3) is 2.28. The molecule has 1 aromatic heterocycles. The van der Waals surface area contributed by atoms with Gasteiger partial charge in [-0.05, 0) is 29.3 Å². The molecular formula is C12H9FN2O2. The lowest BCUT2D eigenvalue weighted by Crippen LogP contribution is -2.01. The number of alkyl halides is 1. The van der Waals surface area contributed by atoms with E-state index in [0.29, 0.717) is 0 Å². The van der Waals surface area contributed by atoms with Gasteiger partial charge in [-0.15, -0.1) is 0 Å². The van der Waals surface area contributed by atoms with Crippen molar-refractivity contribution in [1.82, 2.24) is 10.2 Å². The van der Waals surface area contributed by atoms with Crippen molar-refractivity contribution in [2.24, 2.45) is 0 Å². The number of rotatable bonds is 3. The SMILES string of the molecule is O=C(O)c1ccc(-c2ccnnc2)cc1CF. The molecule has 0 aliphatic heterocycles. The van der Waals surface area contributed by atoms with E-state index in [4.69, 9.17) is 5.11 Å². The third-order valence-electron chi connectivity index (χ3n) is 2.40. The summed E-state index contributed by atoms with van der Waals surface area (Å²) in [6.45, 7) is -0.812. The Bertz CT molecular complexity index is 543. The molecule has 1 aromatic carbocycles. The molecule has 0 radical (unpaired) electrons. The van der Waals surface area contributed by atoms with Crippen LogP contribution in [-0.2, 0) is 6.67 Å². The number of benzene rings is 1. The Labute approximate surface area is 96.7 Å². The van der Waals surface area contributed by atoms with E-state index in [2.05, 4.69) is 10.2 Å². The monoisotopic (exact) mass is 232 g/mol. The van der Waals surface area contributed by atoms with Crippen LogP contribution < -0.4 is 0 Å². The molecule has 0 aliphatic carbocycles. The maximum atomic E-state index is 12.8. The fraction of sp³-hybridized carbons (Fsp3) is 0.0833. The second-order valence-electron chi connectivity index (χ2n) is 3.44. The molecule has 0 saturated heterocycles. The largest absolute Gasteiger partial charge is 0.478 e.